The van der Waals surface area contributed by atoms with Gasteiger partial charge >= 0.3 is 5.97 Å². The van der Waals surface area contributed by atoms with Crippen molar-refractivity contribution in [2.45, 2.75) is 58.1 Å². The molecular formula is C13H21NO4. The van der Waals surface area contributed by atoms with Crippen LogP contribution in [0.15, 0.2) is 0 Å². The number of carbonyl (C=O) groups is 3. The molecular weight excluding hydrogens is 234 g/mol. The molecule has 1 aliphatic rings. The summed E-state index contributed by atoms with van der Waals surface area (Å²) < 4.78 is 5.30. The van der Waals surface area contributed by atoms with E-state index in [1.54, 1.807) is 20.8 Å². The largest absolute Gasteiger partial charge is 0.458 e. The van der Waals surface area contributed by atoms with Crippen LogP contribution in [-0.2, 0) is 19.1 Å². The van der Waals surface area contributed by atoms with Gasteiger partial charge in [-0.2, -0.15) is 0 Å². The predicted octanol–water partition coefficient (Wildman–Crippen LogP) is 1.30. The minimum absolute atomic E-state index is 0.143. The van der Waals surface area contributed by atoms with Crippen molar-refractivity contribution in [2.75, 3.05) is 6.54 Å². The normalized spacial score (nSPS) is 19.7. The van der Waals surface area contributed by atoms with Gasteiger partial charge in [-0.25, -0.2) is 4.79 Å². The fourth-order valence-electron chi connectivity index (χ4n) is 2.01. The summed E-state index contributed by atoms with van der Waals surface area (Å²) in [6.45, 7) is 5.98. The van der Waals surface area contributed by atoms with Crippen LogP contribution in [0.5, 0.6) is 0 Å². The maximum absolute atomic E-state index is 12.0. The van der Waals surface area contributed by atoms with Crippen LogP contribution >= 0.6 is 0 Å². The number of carbonyl (C=O) groups excluding carboxylic acids is 3. The zero-order chi connectivity index (χ0) is 13.8. The lowest BCUT2D eigenvalue weighted by atomic mass is 10.1. The summed E-state index contributed by atoms with van der Waals surface area (Å²) in [6, 6.07) is -0.483. The van der Waals surface area contributed by atoms with E-state index in [0.717, 1.165) is 12.7 Å². The zero-order valence-electron chi connectivity index (χ0n) is 11.3. The molecule has 1 rings (SSSR count). The molecule has 18 heavy (non-hydrogen) atoms. The quantitative estimate of drug-likeness (QED) is 0.561. The van der Waals surface area contributed by atoms with Crippen molar-refractivity contribution in [3.63, 3.8) is 0 Å². The van der Waals surface area contributed by atoms with E-state index in [-0.39, 0.29) is 24.7 Å². The fraction of sp³-hybridized carbons (Fsp3) is 0.769. The number of likely N-dealkylation sites (tertiary alicyclic amines) is 1. The predicted molar refractivity (Wildman–Crippen MR) is 65.9 cm³/mol. The molecule has 0 aromatic carbocycles. The molecule has 1 saturated heterocycles. The van der Waals surface area contributed by atoms with Crippen LogP contribution in [0.25, 0.3) is 0 Å². The number of aldehydes is 1. The van der Waals surface area contributed by atoms with Crippen molar-refractivity contribution >= 4 is 18.2 Å². The molecule has 0 saturated carbocycles. The van der Waals surface area contributed by atoms with Crippen molar-refractivity contribution in [3.8, 4) is 0 Å². The third kappa shape index (κ3) is 4.13. The minimum Gasteiger partial charge on any atom is -0.458 e. The van der Waals surface area contributed by atoms with E-state index in [0.29, 0.717) is 13.0 Å². The molecule has 1 aliphatic heterocycles. The van der Waals surface area contributed by atoms with Gasteiger partial charge in [0.25, 0.3) is 0 Å². The van der Waals surface area contributed by atoms with Crippen molar-refractivity contribution in [1.29, 1.82) is 0 Å². The van der Waals surface area contributed by atoms with Crippen LogP contribution in [0.1, 0.15) is 46.5 Å². The Labute approximate surface area is 107 Å². The standard InChI is InChI=1S/C13H21NO4/c1-13(2,3)18-12(17)10-6-4-8-14(10)11(16)7-5-9-15/h9-10H,4-8H2,1-3H3/t10-/m1/s1. The average molecular weight is 255 g/mol. The number of nitrogens with zero attached hydrogens (tertiary/aromatic N) is 1. The smallest absolute Gasteiger partial charge is 0.329 e. The number of hydrogen-bond donors (Lipinski definition) is 0. The zero-order valence-corrected chi connectivity index (χ0v) is 11.3. The monoisotopic (exact) mass is 255 g/mol. The third-order valence-electron chi connectivity index (χ3n) is 2.73. The maximum atomic E-state index is 12.0. The lowest BCUT2D eigenvalue weighted by molar-refractivity contribution is -0.163. The van der Waals surface area contributed by atoms with Crippen molar-refractivity contribution in [3.05, 3.63) is 0 Å². The van der Waals surface area contributed by atoms with E-state index in [1.807, 2.05) is 0 Å². The summed E-state index contributed by atoms with van der Waals surface area (Å²) >= 11 is 0. The van der Waals surface area contributed by atoms with E-state index in [9.17, 15) is 14.4 Å². The van der Waals surface area contributed by atoms with Crippen molar-refractivity contribution in [2.24, 2.45) is 0 Å². The first-order chi connectivity index (χ1) is 8.35. The molecule has 0 spiro atoms. The molecule has 0 aromatic heterocycles. The molecule has 1 fully saturated rings. The van der Waals surface area contributed by atoms with E-state index < -0.39 is 11.6 Å². The molecule has 0 radical (unpaired) electrons. The van der Waals surface area contributed by atoms with Crippen LogP contribution in [0.3, 0.4) is 0 Å². The van der Waals surface area contributed by atoms with Gasteiger partial charge in [-0.1, -0.05) is 0 Å². The number of hydrogen-bond acceptors (Lipinski definition) is 4. The van der Waals surface area contributed by atoms with E-state index in [4.69, 9.17) is 4.74 Å². The Kier molecular flexibility index (Phi) is 4.87. The highest BCUT2D eigenvalue weighted by molar-refractivity contribution is 5.86. The van der Waals surface area contributed by atoms with Crippen LogP contribution in [0, 0.1) is 0 Å². The summed E-state index contributed by atoms with van der Waals surface area (Å²) in [5, 5.41) is 0. The Hall–Kier alpha value is -1.39. The molecule has 0 bridgehead atoms. The van der Waals surface area contributed by atoms with Gasteiger partial charge in [0, 0.05) is 19.4 Å². The summed E-state index contributed by atoms with van der Waals surface area (Å²) in [5.74, 6) is -0.491. The van der Waals surface area contributed by atoms with Gasteiger partial charge in [-0.15, -0.1) is 0 Å². The highest BCUT2D eigenvalue weighted by atomic mass is 16.6. The lowest BCUT2D eigenvalue weighted by Crippen LogP contribution is -2.43. The van der Waals surface area contributed by atoms with Crippen molar-refractivity contribution in [1.82, 2.24) is 4.90 Å². The Morgan fingerprint density at radius 2 is 2.06 bits per heavy atom. The van der Waals surface area contributed by atoms with E-state index in [2.05, 4.69) is 0 Å². The topological polar surface area (TPSA) is 63.7 Å². The maximum Gasteiger partial charge on any atom is 0.329 e. The highest BCUT2D eigenvalue weighted by Gasteiger charge is 2.36. The molecule has 0 unspecified atom stereocenters. The molecule has 5 heteroatoms. The van der Waals surface area contributed by atoms with E-state index in [1.165, 1.54) is 4.90 Å². The van der Waals surface area contributed by atoms with Crippen molar-refractivity contribution < 1.29 is 19.1 Å². The average Bonchev–Trinajstić information content (AvgIpc) is 2.72. The highest BCUT2D eigenvalue weighted by Crippen LogP contribution is 2.22. The van der Waals surface area contributed by atoms with E-state index >= 15 is 0 Å². The molecule has 5 nitrogen and oxygen atoms in total. The van der Waals surface area contributed by atoms with Gasteiger partial charge in [0.1, 0.15) is 17.9 Å². The number of rotatable bonds is 4. The molecule has 102 valence electrons. The SMILES string of the molecule is CC(C)(C)OC(=O)[C@H]1CCCN1C(=O)CCC=O. The third-order valence-corrected chi connectivity index (χ3v) is 2.73. The Morgan fingerprint density at radius 1 is 1.39 bits per heavy atom. The fourth-order valence-corrected chi connectivity index (χ4v) is 2.01. The Balaban J connectivity index is 2.61. The molecule has 0 N–H and O–H groups in total. The molecule has 1 heterocycles. The van der Waals surface area contributed by atoms with Crippen LogP contribution in [0.4, 0.5) is 0 Å². The van der Waals surface area contributed by atoms with Gasteiger partial charge in [0.2, 0.25) is 5.91 Å². The first-order valence-electron chi connectivity index (χ1n) is 6.31. The lowest BCUT2D eigenvalue weighted by Gasteiger charge is -2.27. The van der Waals surface area contributed by atoms with Crippen LogP contribution < -0.4 is 0 Å². The second kappa shape index (κ2) is 5.98. The van der Waals surface area contributed by atoms with Gasteiger partial charge < -0.3 is 14.4 Å². The Morgan fingerprint density at radius 3 is 2.61 bits per heavy atom. The summed E-state index contributed by atoms with van der Waals surface area (Å²) in [4.78, 5) is 35.6. The minimum atomic E-state index is -0.544. The number of esters is 1. The number of ether oxygens (including phenoxy) is 1. The second-order valence-corrected chi connectivity index (χ2v) is 5.48. The first kappa shape index (κ1) is 14.7. The van der Waals surface area contributed by atoms with Crippen LogP contribution in [-0.4, -0.2) is 41.3 Å². The summed E-state index contributed by atoms with van der Waals surface area (Å²) in [6.07, 6.45) is 2.54. The molecule has 0 aromatic rings. The summed E-state index contributed by atoms with van der Waals surface area (Å²) in [5.41, 5.74) is -0.544. The second-order valence-electron chi connectivity index (χ2n) is 5.48. The van der Waals surface area contributed by atoms with Crippen LogP contribution in [0.2, 0.25) is 0 Å². The first-order valence-corrected chi connectivity index (χ1v) is 6.31. The number of amides is 1. The van der Waals surface area contributed by atoms with Gasteiger partial charge in [-0.05, 0) is 33.6 Å². The summed E-state index contributed by atoms with van der Waals surface area (Å²) in [7, 11) is 0. The molecule has 0 aliphatic carbocycles. The van der Waals surface area contributed by atoms with Gasteiger partial charge in [0.15, 0.2) is 0 Å². The van der Waals surface area contributed by atoms with Gasteiger partial charge in [0.05, 0.1) is 0 Å². The molecule has 1 atom stereocenters. The Bertz CT molecular complexity index is 332. The van der Waals surface area contributed by atoms with Gasteiger partial charge in [-0.3, -0.25) is 4.79 Å². The molecule has 1 amide bonds.